The number of nitrogens with zero attached hydrogens (tertiary/aromatic N) is 2. The zero-order valence-corrected chi connectivity index (χ0v) is 15.6. The smallest absolute Gasteiger partial charge is 0.237 e. The van der Waals surface area contributed by atoms with Crippen LogP contribution in [0.25, 0.3) is 0 Å². The molecule has 1 N–H and O–H groups in total. The van der Waals surface area contributed by atoms with Crippen molar-refractivity contribution in [3.05, 3.63) is 35.9 Å². The van der Waals surface area contributed by atoms with Crippen LogP contribution < -0.4 is 5.32 Å². The van der Waals surface area contributed by atoms with Gasteiger partial charge in [0.15, 0.2) is 0 Å². The van der Waals surface area contributed by atoms with E-state index in [1.54, 1.807) is 0 Å². The molecule has 2 aliphatic rings. The predicted molar refractivity (Wildman–Crippen MR) is 103 cm³/mol. The van der Waals surface area contributed by atoms with Gasteiger partial charge in [-0.15, -0.1) is 0 Å². The molecule has 0 unspecified atom stereocenters. The van der Waals surface area contributed by atoms with Crippen molar-refractivity contribution in [1.29, 1.82) is 0 Å². The van der Waals surface area contributed by atoms with E-state index < -0.39 is 0 Å². The Morgan fingerprint density at radius 1 is 1.04 bits per heavy atom. The molecule has 2 saturated heterocycles. The molecule has 0 spiro atoms. The fraction of sp³-hybridized carbons (Fsp3) is 0.667. The molecule has 0 saturated carbocycles. The molecular formula is C21H33N3O. The highest BCUT2D eigenvalue weighted by Gasteiger charge is 2.27. The zero-order chi connectivity index (χ0) is 17.5. The van der Waals surface area contributed by atoms with E-state index in [1.807, 2.05) is 0 Å². The Bertz CT molecular complexity index is 525. The minimum Gasteiger partial charge on any atom is -0.352 e. The van der Waals surface area contributed by atoms with Crippen LogP contribution in [0.15, 0.2) is 30.3 Å². The fourth-order valence-corrected chi connectivity index (χ4v) is 4.11. The van der Waals surface area contributed by atoms with Crippen molar-refractivity contribution in [2.75, 3.05) is 33.2 Å². The molecule has 0 aromatic heterocycles. The monoisotopic (exact) mass is 343 g/mol. The number of piperidine rings is 1. The van der Waals surface area contributed by atoms with Gasteiger partial charge in [0, 0.05) is 25.7 Å². The summed E-state index contributed by atoms with van der Waals surface area (Å²) in [6.45, 7) is 4.36. The van der Waals surface area contributed by atoms with Crippen LogP contribution in [-0.2, 0) is 11.2 Å². The van der Waals surface area contributed by atoms with Gasteiger partial charge in [0.25, 0.3) is 0 Å². The molecule has 1 aromatic rings. The summed E-state index contributed by atoms with van der Waals surface area (Å²) in [7, 11) is 2.10. The van der Waals surface area contributed by atoms with Crippen LogP contribution in [-0.4, -0.2) is 61.0 Å². The molecule has 4 heteroatoms. The summed E-state index contributed by atoms with van der Waals surface area (Å²) in [5.41, 5.74) is 1.41. The summed E-state index contributed by atoms with van der Waals surface area (Å²) in [6.07, 6.45) is 7.95. The summed E-state index contributed by atoms with van der Waals surface area (Å²) in [5, 5.41) is 3.33. The SMILES string of the molecule is CN1CCCCC[C@@H]1C(=O)NC1CCN(CCc2ccccc2)CC1. The van der Waals surface area contributed by atoms with Gasteiger partial charge in [-0.05, 0) is 51.3 Å². The number of likely N-dealkylation sites (tertiary alicyclic amines) is 2. The van der Waals surface area contributed by atoms with Crippen molar-refractivity contribution >= 4 is 5.91 Å². The van der Waals surface area contributed by atoms with Gasteiger partial charge in [0.05, 0.1) is 6.04 Å². The van der Waals surface area contributed by atoms with Gasteiger partial charge in [-0.1, -0.05) is 43.2 Å². The second kappa shape index (κ2) is 9.35. The number of hydrogen-bond donors (Lipinski definition) is 1. The van der Waals surface area contributed by atoms with E-state index in [0.717, 1.165) is 51.9 Å². The topological polar surface area (TPSA) is 35.6 Å². The van der Waals surface area contributed by atoms with E-state index in [1.165, 1.54) is 24.8 Å². The second-order valence-electron chi connectivity index (χ2n) is 7.71. The molecule has 1 aromatic carbocycles. The number of carbonyl (C=O) groups excluding carboxylic acids is 1. The zero-order valence-electron chi connectivity index (χ0n) is 15.6. The first-order valence-electron chi connectivity index (χ1n) is 9.99. The van der Waals surface area contributed by atoms with Crippen LogP contribution in [0.2, 0.25) is 0 Å². The molecule has 0 aliphatic carbocycles. The molecule has 25 heavy (non-hydrogen) atoms. The molecule has 1 atom stereocenters. The van der Waals surface area contributed by atoms with Crippen molar-refractivity contribution in [3.8, 4) is 0 Å². The first-order valence-corrected chi connectivity index (χ1v) is 9.99. The minimum atomic E-state index is 0.0820. The second-order valence-corrected chi connectivity index (χ2v) is 7.71. The van der Waals surface area contributed by atoms with Crippen molar-refractivity contribution in [3.63, 3.8) is 0 Å². The van der Waals surface area contributed by atoms with E-state index in [-0.39, 0.29) is 11.9 Å². The third kappa shape index (κ3) is 5.55. The van der Waals surface area contributed by atoms with Crippen LogP contribution in [0.1, 0.15) is 44.1 Å². The van der Waals surface area contributed by atoms with Crippen LogP contribution in [0.5, 0.6) is 0 Å². The van der Waals surface area contributed by atoms with Gasteiger partial charge in [-0.25, -0.2) is 0 Å². The summed E-state index contributed by atoms with van der Waals surface area (Å²) in [4.78, 5) is 17.4. The van der Waals surface area contributed by atoms with E-state index in [0.29, 0.717) is 6.04 Å². The van der Waals surface area contributed by atoms with Gasteiger partial charge in [0.1, 0.15) is 0 Å². The lowest BCUT2D eigenvalue weighted by Crippen LogP contribution is -2.51. The Morgan fingerprint density at radius 3 is 2.56 bits per heavy atom. The van der Waals surface area contributed by atoms with E-state index in [9.17, 15) is 4.79 Å². The number of carbonyl (C=O) groups is 1. The van der Waals surface area contributed by atoms with Gasteiger partial charge in [-0.3, -0.25) is 9.69 Å². The number of hydrogen-bond acceptors (Lipinski definition) is 3. The van der Waals surface area contributed by atoms with E-state index in [2.05, 4.69) is 52.5 Å². The third-order valence-electron chi connectivity index (χ3n) is 5.82. The van der Waals surface area contributed by atoms with Crippen LogP contribution in [0.3, 0.4) is 0 Å². The Hall–Kier alpha value is -1.39. The predicted octanol–water partition coefficient (Wildman–Crippen LogP) is 2.68. The Morgan fingerprint density at radius 2 is 1.80 bits per heavy atom. The van der Waals surface area contributed by atoms with Gasteiger partial charge < -0.3 is 10.2 Å². The number of benzene rings is 1. The summed E-state index contributed by atoms with van der Waals surface area (Å²) < 4.78 is 0. The highest BCUT2D eigenvalue weighted by atomic mass is 16.2. The number of rotatable bonds is 5. The molecule has 138 valence electrons. The normalized spacial score (nSPS) is 24.0. The Labute approximate surface area is 152 Å². The molecule has 3 rings (SSSR count). The van der Waals surface area contributed by atoms with Crippen LogP contribution in [0, 0.1) is 0 Å². The first-order chi connectivity index (χ1) is 12.2. The fourth-order valence-electron chi connectivity index (χ4n) is 4.11. The summed E-state index contributed by atoms with van der Waals surface area (Å²) in [5.74, 6) is 0.257. The average Bonchev–Trinajstić information content (AvgIpc) is 2.86. The highest BCUT2D eigenvalue weighted by Crippen LogP contribution is 2.17. The maximum absolute atomic E-state index is 12.7. The quantitative estimate of drug-likeness (QED) is 0.893. The summed E-state index contributed by atoms with van der Waals surface area (Å²) in [6, 6.07) is 11.1. The lowest BCUT2D eigenvalue weighted by molar-refractivity contribution is -0.127. The lowest BCUT2D eigenvalue weighted by atomic mass is 10.0. The van der Waals surface area contributed by atoms with Gasteiger partial charge >= 0.3 is 0 Å². The van der Waals surface area contributed by atoms with Crippen molar-refractivity contribution < 1.29 is 4.79 Å². The Balaban J connectivity index is 1.39. The van der Waals surface area contributed by atoms with Crippen molar-refractivity contribution in [2.45, 2.75) is 57.0 Å². The maximum atomic E-state index is 12.7. The Kier molecular flexibility index (Phi) is 6.88. The van der Waals surface area contributed by atoms with Gasteiger partial charge in [-0.2, -0.15) is 0 Å². The average molecular weight is 344 g/mol. The standard InChI is InChI=1S/C21H33N3O/c1-23-14-7-3-6-10-20(23)21(25)22-19-12-16-24(17-13-19)15-11-18-8-4-2-5-9-18/h2,4-5,8-9,19-20H,3,6-7,10-17H2,1H3,(H,22,25)/t20-/m1/s1. The van der Waals surface area contributed by atoms with Crippen molar-refractivity contribution in [2.24, 2.45) is 0 Å². The molecule has 2 fully saturated rings. The molecule has 1 amide bonds. The number of nitrogens with one attached hydrogen (secondary N) is 1. The molecular weight excluding hydrogens is 310 g/mol. The van der Waals surface area contributed by atoms with E-state index in [4.69, 9.17) is 0 Å². The van der Waals surface area contributed by atoms with E-state index >= 15 is 0 Å². The molecule has 4 nitrogen and oxygen atoms in total. The maximum Gasteiger partial charge on any atom is 0.237 e. The molecule has 0 bridgehead atoms. The van der Waals surface area contributed by atoms with Crippen LogP contribution in [0.4, 0.5) is 0 Å². The first kappa shape index (κ1) is 18.4. The van der Waals surface area contributed by atoms with Gasteiger partial charge in [0.2, 0.25) is 5.91 Å². The molecule has 0 radical (unpaired) electrons. The van der Waals surface area contributed by atoms with Crippen molar-refractivity contribution in [1.82, 2.24) is 15.1 Å². The third-order valence-corrected chi connectivity index (χ3v) is 5.82. The highest BCUT2D eigenvalue weighted by molar-refractivity contribution is 5.82. The number of likely N-dealkylation sites (N-methyl/N-ethyl adjacent to an activating group) is 1. The molecule has 2 heterocycles. The summed E-state index contributed by atoms with van der Waals surface area (Å²) >= 11 is 0. The minimum absolute atomic E-state index is 0.0820. The molecule has 2 aliphatic heterocycles. The van der Waals surface area contributed by atoms with Crippen LogP contribution >= 0.6 is 0 Å². The number of amides is 1. The largest absolute Gasteiger partial charge is 0.352 e. The lowest BCUT2D eigenvalue weighted by Gasteiger charge is -2.34.